The second-order valence-corrected chi connectivity index (χ2v) is 13.2. The van der Waals surface area contributed by atoms with E-state index < -0.39 is 11.4 Å². The molecule has 0 unspecified atom stereocenters. The minimum absolute atomic E-state index is 0.0766. The number of carboxylic acid groups (broad SMARTS) is 1. The maximum atomic E-state index is 13.5. The highest BCUT2D eigenvalue weighted by molar-refractivity contribution is 6.34. The summed E-state index contributed by atoms with van der Waals surface area (Å²) in [7, 11) is 4.12. The van der Waals surface area contributed by atoms with Gasteiger partial charge >= 0.3 is 5.97 Å². The molecule has 0 saturated carbocycles. The lowest BCUT2D eigenvalue weighted by Crippen LogP contribution is -2.57. The third kappa shape index (κ3) is 6.05. The number of fused-ring (bicyclic) bond motifs is 1. The van der Waals surface area contributed by atoms with Crippen molar-refractivity contribution in [1.82, 2.24) is 24.4 Å². The standard InChI is InChI=1S/C35H33Cl2N7O4/c1-41(2)24-17-42(18-24)32-9-8-22(15-40-32)44-19-26(35(46)47)33(45)25-13-28(37)31(14-30(25)44)43-16-21(29-7-3-4-10-38-29)12-23(43)20-48-34-27(36)6-5-11-39-34/h3-11,13-15,19,21,23-24H,12,16-18,20H2,1-2H3,(H,46,47)/t21-,23-/m1/s1. The molecule has 13 heteroatoms. The van der Waals surface area contributed by atoms with E-state index in [2.05, 4.69) is 38.8 Å². The summed E-state index contributed by atoms with van der Waals surface area (Å²) in [5.41, 5.74) is 1.78. The van der Waals surface area contributed by atoms with Crippen LogP contribution in [0.2, 0.25) is 10.0 Å². The second-order valence-electron chi connectivity index (χ2n) is 12.4. The van der Waals surface area contributed by atoms with Gasteiger partial charge in [-0.2, -0.15) is 0 Å². The summed E-state index contributed by atoms with van der Waals surface area (Å²) in [4.78, 5) is 45.8. The summed E-state index contributed by atoms with van der Waals surface area (Å²) in [5, 5.41) is 10.9. The van der Waals surface area contributed by atoms with Gasteiger partial charge in [-0.1, -0.05) is 29.3 Å². The van der Waals surface area contributed by atoms with Gasteiger partial charge in [-0.3, -0.25) is 9.78 Å². The first kappa shape index (κ1) is 31.9. The number of likely N-dealkylation sites (N-methyl/N-ethyl adjacent to an activating group) is 1. The Hall–Kier alpha value is -4.71. The van der Waals surface area contributed by atoms with E-state index in [1.807, 2.05) is 36.4 Å². The Morgan fingerprint density at radius 3 is 2.50 bits per heavy atom. The van der Waals surface area contributed by atoms with E-state index in [1.54, 1.807) is 41.4 Å². The molecule has 0 bridgehead atoms. The minimum Gasteiger partial charge on any atom is -0.477 e. The lowest BCUT2D eigenvalue weighted by atomic mass is 10.0. The Morgan fingerprint density at radius 2 is 1.81 bits per heavy atom. The van der Waals surface area contributed by atoms with Crippen LogP contribution in [0, 0.1) is 0 Å². The molecule has 0 amide bonds. The van der Waals surface area contributed by atoms with Crippen LogP contribution in [0.25, 0.3) is 16.6 Å². The first-order valence-corrected chi connectivity index (χ1v) is 16.3. The van der Waals surface area contributed by atoms with Gasteiger partial charge in [-0.05, 0) is 69.0 Å². The number of ether oxygens (including phenoxy) is 1. The number of halogens is 2. The highest BCUT2D eigenvalue weighted by atomic mass is 35.5. The first-order valence-electron chi connectivity index (χ1n) is 15.6. The number of carboxylic acids is 1. The molecule has 1 N–H and O–H groups in total. The molecule has 11 nitrogen and oxygen atoms in total. The molecule has 246 valence electrons. The summed E-state index contributed by atoms with van der Waals surface area (Å²) in [6.45, 7) is 2.61. The molecule has 0 spiro atoms. The number of pyridine rings is 4. The third-order valence-electron chi connectivity index (χ3n) is 9.20. The second kappa shape index (κ2) is 13.1. The highest BCUT2D eigenvalue weighted by Gasteiger charge is 2.36. The lowest BCUT2D eigenvalue weighted by molar-refractivity contribution is 0.0695. The number of nitrogens with zero attached hydrogens (tertiary/aromatic N) is 7. The van der Waals surface area contributed by atoms with Crippen LogP contribution < -0.4 is 20.0 Å². The van der Waals surface area contributed by atoms with Crippen LogP contribution in [0.5, 0.6) is 5.88 Å². The van der Waals surface area contributed by atoms with E-state index in [4.69, 9.17) is 32.9 Å². The number of hydrogen-bond acceptors (Lipinski definition) is 9. The Kier molecular flexibility index (Phi) is 8.67. The number of anilines is 2. The van der Waals surface area contributed by atoms with Crippen LogP contribution >= 0.6 is 23.2 Å². The first-order chi connectivity index (χ1) is 23.2. The van der Waals surface area contributed by atoms with Gasteiger partial charge in [-0.15, -0.1) is 0 Å². The molecule has 5 aromatic rings. The van der Waals surface area contributed by atoms with Crippen LogP contribution in [0.1, 0.15) is 28.4 Å². The monoisotopic (exact) mass is 685 g/mol. The van der Waals surface area contributed by atoms with E-state index in [0.717, 1.165) is 31.0 Å². The molecule has 2 aliphatic heterocycles. The Morgan fingerprint density at radius 1 is 1.00 bits per heavy atom. The predicted octanol–water partition coefficient (Wildman–Crippen LogP) is 5.37. The quantitative estimate of drug-likeness (QED) is 0.217. The fourth-order valence-electron chi connectivity index (χ4n) is 6.45. The van der Waals surface area contributed by atoms with Gasteiger partial charge < -0.3 is 29.1 Å². The van der Waals surface area contributed by atoms with Crippen LogP contribution in [-0.2, 0) is 0 Å². The largest absolute Gasteiger partial charge is 0.477 e. The van der Waals surface area contributed by atoms with Crippen molar-refractivity contribution in [3.05, 3.63) is 111 Å². The summed E-state index contributed by atoms with van der Waals surface area (Å²) >= 11 is 13.3. The maximum absolute atomic E-state index is 13.5. The van der Waals surface area contributed by atoms with Gasteiger partial charge in [0.25, 0.3) is 0 Å². The zero-order valence-electron chi connectivity index (χ0n) is 26.3. The molecule has 0 radical (unpaired) electrons. The van der Waals surface area contributed by atoms with Gasteiger partial charge in [0.05, 0.1) is 34.2 Å². The van der Waals surface area contributed by atoms with E-state index >= 15 is 0 Å². The molecule has 0 aliphatic carbocycles. The van der Waals surface area contributed by atoms with Gasteiger partial charge in [-0.25, -0.2) is 14.8 Å². The van der Waals surface area contributed by atoms with Gasteiger partial charge in [0.1, 0.15) is 23.0 Å². The van der Waals surface area contributed by atoms with Gasteiger partial charge in [0.2, 0.25) is 11.3 Å². The summed E-state index contributed by atoms with van der Waals surface area (Å²) in [6, 6.07) is 16.8. The molecule has 4 aromatic heterocycles. The number of benzene rings is 1. The van der Waals surface area contributed by atoms with Crippen molar-refractivity contribution in [2.75, 3.05) is 50.1 Å². The number of aromatic nitrogens is 4. The predicted molar refractivity (Wildman–Crippen MR) is 186 cm³/mol. The Balaban J connectivity index is 1.29. The zero-order valence-corrected chi connectivity index (χ0v) is 27.8. The van der Waals surface area contributed by atoms with Gasteiger partial charge in [0, 0.05) is 61.3 Å². The van der Waals surface area contributed by atoms with E-state index in [1.165, 1.54) is 6.20 Å². The van der Waals surface area contributed by atoms with Crippen molar-refractivity contribution in [3.8, 4) is 11.6 Å². The molecule has 2 atom stereocenters. The Bertz CT molecular complexity index is 2040. The normalized spacial score (nSPS) is 18.0. The fourth-order valence-corrected chi connectivity index (χ4v) is 6.90. The average Bonchev–Trinajstić information content (AvgIpc) is 3.48. The number of hydrogen-bond donors (Lipinski definition) is 1. The summed E-state index contributed by atoms with van der Waals surface area (Å²) in [5.74, 6) is -0.0732. The maximum Gasteiger partial charge on any atom is 0.341 e. The van der Waals surface area contributed by atoms with Gasteiger partial charge in [0.15, 0.2) is 0 Å². The number of aromatic carboxylic acids is 1. The van der Waals surface area contributed by atoms with Crippen molar-refractivity contribution >= 4 is 51.6 Å². The molecule has 6 heterocycles. The minimum atomic E-state index is -1.32. The fraction of sp³-hybridized carbons (Fsp3) is 0.286. The van der Waals surface area contributed by atoms with Crippen molar-refractivity contribution < 1.29 is 14.6 Å². The van der Waals surface area contributed by atoms with Crippen molar-refractivity contribution in [2.24, 2.45) is 0 Å². The molecule has 2 aliphatic rings. The number of carbonyl (C=O) groups is 1. The molecule has 2 fully saturated rings. The Labute approximate surface area is 286 Å². The van der Waals surface area contributed by atoms with Crippen LogP contribution in [0.4, 0.5) is 11.5 Å². The van der Waals surface area contributed by atoms with Crippen LogP contribution in [0.15, 0.2) is 84.2 Å². The smallest absolute Gasteiger partial charge is 0.341 e. The van der Waals surface area contributed by atoms with E-state index in [0.29, 0.717) is 45.4 Å². The zero-order chi connectivity index (χ0) is 33.5. The third-order valence-corrected chi connectivity index (χ3v) is 9.79. The van der Waals surface area contributed by atoms with Crippen molar-refractivity contribution in [1.29, 1.82) is 0 Å². The summed E-state index contributed by atoms with van der Waals surface area (Å²) < 4.78 is 7.81. The van der Waals surface area contributed by atoms with E-state index in [-0.39, 0.29) is 29.5 Å². The topological polar surface area (TPSA) is 117 Å². The molecule has 1 aromatic carbocycles. The number of rotatable bonds is 9. The van der Waals surface area contributed by atoms with Crippen molar-refractivity contribution in [2.45, 2.75) is 24.4 Å². The van der Waals surface area contributed by atoms with E-state index in [9.17, 15) is 14.7 Å². The molecule has 2 saturated heterocycles. The summed E-state index contributed by atoms with van der Waals surface area (Å²) in [6.07, 6.45) is 7.18. The molecular weight excluding hydrogens is 653 g/mol. The molecule has 48 heavy (non-hydrogen) atoms. The SMILES string of the molecule is CN(C)C1CN(c2ccc(-n3cc(C(=O)O)c(=O)c4cc(Cl)c(N5C[C@H](c6ccccn6)C[C@@H]5COc5ncccc5Cl)cc43)cn2)C1. The molecular formula is C35H33Cl2N7O4. The van der Waals surface area contributed by atoms with Crippen molar-refractivity contribution in [3.63, 3.8) is 0 Å². The van der Waals surface area contributed by atoms with Crippen LogP contribution in [0.3, 0.4) is 0 Å². The average molecular weight is 687 g/mol. The van der Waals surface area contributed by atoms with Crippen LogP contribution in [-0.4, -0.2) is 87.9 Å². The highest BCUT2D eigenvalue weighted by Crippen LogP contribution is 2.40. The molecule has 7 rings (SSSR count). The lowest BCUT2D eigenvalue weighted by Gasteiger charge is -2.43.